The predicted octanol–water partition coefficient (Wildman–Crippen LogP) is 1.83. The highest BCUT2D eigenvalue weighted by Crippen LogP contribution is 2.20. The first-order valence-corrected chi connectivity index (χ1v) is 4.33. The lowest BCUT2D eigenvalue weighted by atomic mass is 10.0. The van der Waals surface area contributed by atoms with Crippen molar-refractivity contribution in [1.82, 2.24) is 10.3 Å². The molecule has 0 radical (unpaired) electrons. The lowest BCUT2D eigenvalue weighted by molar-refractivity contribution is 0.406. The summed E-state index contributed by atoms with van der Waals surface area (Å²) in [4.78, 5) is 3.24. The molecule has 1 aliphatic heterocycles. The first-order chi connectivity index (χ1) is 5.47. The van der Waals surface area contributed by atoms with Crippen LogP contribution in [0.1, 0.15) is 31.0 Å². The second kappa shape index (κ2) is 3.09. The van der Waals surface area contributed by atoms with E-state index in [2.05, 4.69) is 22.4 Å². The molecule has 0 amide bonds. The summed E-state index contributed by atoms with van der Waals surface area (Å²) in [6, 6.07) is 4.80. The summed E-state index contributed by atoms with van der Waals surface area (Å²) in [6.45, 7) is 1.17. The molecule has 11 heavy (non-hydrogen) atoms. The number of piperidine rings is 1. The Labute approximate surface area is 67.0 Å². The van der Waals surface area contributed by atoms with Crippen molar-refractivity contribution in [3.63, 3.8) is 0 Å². The van der Waals surface area contributed by atoms with Crippen LogP contribution < -0.4 is 5.32 Å². The molecule has 1 fully saturated rings. The molecule has 0 bridgehead atoms. The quantitative estimate of drug-likeness (QED) is 0.628. The number of hydrogen-bond donors (Lipinski definition) is 2. The van der Waals surface area contributed by atoms with Crippen LogP contribution in [0.4, 0.5) is 0 Å². The molecule has 2 nitrogen and oxygen atoms in total. The second-order valence-electron chi connectivity index (χ2n) is 3.13. The number of aromatic amines is 1. The zero-order valence-corrected chi connectivity index (χ0v) is 6.64. The molecule has 1 aromatic heterocycles. The van der Waals surface area contributed by atoms with Gasteiger partial charge in [-0.15, -0.1) is 0 Å². The van der Waals surface area contributed by atoms with Crippen LogP contribution in [0, 0.1) is 0 Å². The smallest absolute Gasteiger partial charge is 0.0472 e. The Bertz CT molecular complexity index is 197. The fourth-order valence-corrected chi connectivity index (χ4v) is 1.68. The number of H-pyrrole nitrogens is 1. The summed E-state index contributed by atoms with van der Waals surface area (Å²) >= 11 is 0. The van der Waals surface area contributed by atoms with E-state index < -0.39 is 0 Å². The van der Waals surface area contributed by atoms with E-state index in [1.807, 2.05) is 6.20 Å². The Balaban J connectivity index is 2.04. The van der Waals surface area contributed by atoms with Crippen molar-refractivity contribution in [2.45, 2.75) is 25.3 Å². The Kier molecular flexibility index (Phi) is 1.95. The van der Waals surface area contributed by atoms with Gasteiger partial charge in [-0.1, -0.05) is 6.42 Å². The molecule has 0 aromatic carbocycles. The zero-order valence-electron chi connectivity index (χ0n) is 6.64. The lowest BCUT2D eigenvalue weighted by Crippen LogP contribution is -2.26. The molecule has 1 atom stereocenters. The molecule has 2 rings (SSSR count). The van der Waals surface area contributed by atoms with E-state index in [4.69, 9.17) is 0 Å². The van der Waals surface area contributed by atoms with Gasteiger partial charge in [0.05, 0.1) is 0 Å². The zero-order chi connectivity index (χ0) is 7.52. The van der Waals surface area contributed by atoms with Gasteiger partial charge in [-0.2, -0.15) is 0 Å². The van der Waals surface area contributed by atoms with Crippen LogP contribution in [-0.2, 0) is 0 Å². The van der Waals surface area contributed by atoms with Crippen molar-refractivity contribution in [2.75, 3.05) is 6.54 Å². The van der Waals surface area contributed by atoms with Gasteiger partial charge in [-0.05, 0) is 31.5 Å². The third kappa shape index (κ3) is 1.46. The number of aromatic nitrogens is 1. The van der Waals surface area contributed by atoms with Crippen molar-refractivity contribution in [3.8, 4) is 0 Å². The first-order valence-electron chi connectivity index (χ1n) is 4.33. The molecule has 60 valence electrons. The van der Waals surface area contributed by atoms with Crippen LogP contribution in [0.2, 0.25) is 0 Å². The summed E-state index contributed by atoms with van der Waals surface area (Å²) in [5, 5.41) is 3.49. The van der Waals surface area contributed by atoms with E-state index in [9.17, 15) is 0 Å². The van der Waals surface area contributed by atoms with Crippen LogP contribution >= 0.6 is 0 Å². The van der Waals surface area contributed by atoms with Crippen LogP contribution in [0.25, 0.3) is 0 Å². The van der Waals surface area contributed by atoms with Crippen LogP contribution in [0.5, 0.6) is 0 Å². The fourth-order valence-electron chi connectivity index (χ4n) is 1.68. The van der Waals surface area contributed by atoms with Crippen molar-refractivity contribution in [1.29, 1.82) is 0 Å². The van der Waals surface area contributed by atoms with Gasteiger partial charge in [0.15, 0.2) is 0 Å². The minimum atomic E-state index is 0.582. The highest BCUT2D eigenvalue weighted by Gasteiger charge is 2.14. The van der Waals surface area contributed by atoms with Crippen molar-refractivity contribution in [3.05, 3.63) is 24.0 Å². The summed E-state index contributed by atoms with van der Waals surface area (Å²) in [6.07, 6.45) is 5.96. The molecule has 2 heteroatoms. The number of nitrogens with one attached hydrogen (secondary N) is 2. The van der Waals surface area contributed by atoms with Gasteiger partial charge in [0.1, 0.15) is 0 Å². The molecule has 0 spiro atoms. The van der Waals surface area contributed by atoms with E-state index in [-0.39, 0.29) is 0 Å². The molecular weight excluding hydrogens is 136 g/mol. The monoisotopic (exact) mass is 150 g/mol. The van der Waals surface area contributed by atoms with Crippen molar-refractivity contribution >= 4 is 0 Å². The molecular formula is C9H14N2. The van der Waals surface area contributed by atoms with Gasteiger partial charge in [-0.3, -0.25) is 0 Å². The minimum absolute atomic E-state index is 0.582. The Morgan fingerprint density at radius 3 is 3.00 bits per heavy atom. The van der Waals surface area contributed by atoms with E-state index in [0.717, 1.165) is 0 Å². The van der Waals surface area contributed by atoms with Crippen LogP contribution in [-0.4, -0.2) is 11.5 Å². The van der Waals surface area contributed by atoms with Gasteiger partial charge in [0.2, 0.25) is 0 Å². The highest BCUT2D eigenvalue weighted by atomic mass is 14.9. The van der Waals surface area contributed by atoms with Gasteiger partial charge in [-0.25, -0.2) is 0 Å². The Hall–Kier alpha value is -0.760. The van der Waals surface area contributed by atoms with Crippen LogP contribution in [0.3, 0.4) is 0 Å². The average Bonchev–Trinajstić information content (AvgIpc) is 2.58. The Morgan fingerprint density at radius 2 is 2.36 bits per heavy atom. The SMILES string of the molecule is c1c[nH]c([C@@H]2CCCCN2)c1. The van der Waals surface area contributed by atoms with Gasteiger partial charge in [0, 0.05) is 17.9 Å². The van der Waals surface area contributed by atoms with E-state index >= 15 is 0 Å². The second-order valence-corrected chi connectivity index (χ2v) is 3.13. The third-order valence-corrected chi connectivity index (χ3v) is 2.31. The van der Waals surface area contributed by atoms with E-state index in [1.54, 1.807) is 0 Å². The summed E-state index contributed by atoms with van der Waals surface area (Å²) in [7, 11) is 0. The van der Waals surface area contributed by atoms with E-state index in [1.165, 1.54) is 31.5 Å². The predicted molar refractivity (Wildman–Crippen MR) is 45.4 cm³/mol. The van der Waals surface area contributed by atoms with Crippen LogP contribution in [0.15, 0.2) is 18.3 Å². The molecule has 2 N–H and O–H groups in total. The summed E-state index contributed by atoms with van der Waals surface area (Å²) < 4.78 is 0. The topological polar surface area (TPSA) is 27.8 Å². The van der Waals surface area contributed by atoms with Gasteiger partial charge >= 0.3 is 0 Å². The molecule has 1 aliphatic rings. The maximum absolute atomic E-state index is 3.49. The highest BCUT2D eigenvalue weighted by molar-refractivity contribution is 5.09. The van der Waals surface area contributed by atoms with E-state index in [0.29, 0.717) is 6.04 Å². The summed E-state index contributed by atoms with van der Waals surface area (Å²) in [5.41, 5.74) is 1.34. The molecule has 1 saturated heterocycles. The molecule has 2 heterocycles. The number of rotatable bonds is 1. The Morgan fingerprint density at radius 1 is 1.36 bits per heavy atom. The first kappa shape index (κ1) is 6.92. The third-order valence-electron chi connectivity index (χ3n) is 2.31. The average molecular weight is 150 g/mol. The van der Waals surface area contributed by atoms with Gasteiger partial charge < -0.3 is 10.3 Å². The number of hydrogen-bond acceptors (Lipinski definition) is 1. The molecule has 0 aliphatic carbocycles. The lowest BCUT2D eigenvalue weighted by Gasteiger charge is -2.22. The maximum atomic E-state index is 3.49. The fraction of sp³-hybridized carbons (Fsp3) is 0.556. The minimum Gasteiger partial charge on any atom is -0.364 e. The summed E-state index contributed by atoms with van der Waals surface area (Å²) in [5.74, 6) is 0. The molecule has 1 aromatic rings. The van der Waals surface area contributed by atoms with Gasteiger partial charge in [0.25, 0.3) is 0 Å². The van der Waals surface area contributed by atoms with Crippen molar-refractivity contribution < 1.29 is 0 Å². The van der Waals surface area contributed by atoms with Crippen molar-refractivity contribution in [2.24, 2.45) is 0 Å². The largest absolute Gasteiger partial charge is 0.364 e. The maximum Gasteiger partial charge on any atom is 0.0472 e. The molecule has 0 saturated carbocycles. The normalized spacial score (nSPS) is 25.3. The molecule has 0 unspecified atom stereocenters. The standard InChI is InChI=1S/C9H14N2/c1-2-6-10-8(4-1)9-5-3-7-11-9/h3,5,7-8,10-11H,1-2,4,6H2/t8-/m0/s1.